The summed E-state index contributed by atoms with van der Waals surface area (Å²) in [6, 6.07) is 21.9. The quantitative estimate of drug-likeness (QED) is 0.488. The fraction of sp³-hybridized carbons (Fsp3) is 0.200. The molecule has 7 heteroatoms. The van der Waals surface area contributed by atoms with Gasteiger partial charge in [-0.3, -0.25) is 14.4 Å². The molecule has 2 amide bonds. The standard InChI is InChI=1S/C25H21BrN2O4/c1-15-8-11-17(12-9-15)27-24(29)21-22(19-14-16(26)10-13-20(19)31-2)28(32-23(21)25(27)30)18-6-4-3-5-7-18/h3-14,21-23H,1-2H3/t21-,22+,23+/m0/s1. The SMILES string of the molecule is COc1ccc(Br)cc1[C@@H]1[C@@H]2C(=O)N(c3ccc(C)cc3)C(=O)[C@@H]2ON1c1ccccc1. The number of nitrogens with zero attached hydrogens (tertiary/aromatic N) is 2. The summed E-state index contributed by atoms with van der Waals surface area (Å²) in [4.78, 5) is 34.5. The number of hydrogen-bond acceptors (Lipinski definition) is 5. The molecule has 0 N–H and O–H groups in total. The Bertz CT molecular complexity index is 1180. The molecule has 2 fully saturated rings. The minimum atomic E-state index is -0.919. The predicted molar refractivity (Wildman–Crippen MR) is 124 cm³/mol. The van der Waals surface area contributed by atoms with E-state index >= 15 is 0 Å². The van der Waals surface area contributed by atoms with Crippen LogP contribution in [0.2, 0.25) is 0 Å². The lowest BCUT2D eigenvalue weighted by Gasteiger charge is -2.29. The molecule has 5 rings (SSSR count). The first kappa shape index (κ1) is 20.7. The highest BCUT2D eigenvalue weighted by Crippen LogP contribution is 2.49. The predicted octanol–water partition coefficient (Wildman–Crippen LogP) is 4.82. The fourth-order valence-electron chi connectivity index (χ4n) is 4.41. The van der Waals surface area contributed by atoms with Gasteiger partial charge < -0.3 is 4.74 Å². The lowest BCUT2D eigenvalue weighted by atomic mass is 9.90. The van der Waals surface area contributed by atoms with E-state index in [1.165, 1.54) is 4.90 Å². The zero-order chi connectivity index (χ0) is 22.4. The van der Waals surface area contributed by atoms with Gasteiger partial charge in [0, 0.05) is 10.0 Å². The van der Waals surface area contributed by atoms with Crippen LogP contribution in [0.1, 0.15) is 17.2 Å². The number of methoxy groups -OCH3 is 1. The molecule has 0 radical (unpaired) electrons. The van der Waals surface area contributed by atoms with Crippen LogP contribution in [-0.4, -0.2) is 25.0 Å². The van der Waals surface area contributed by atoms with Gasteiger partial charge in [-0.15, -0.1) is 0 Å². The van der Waals surface area contributed by atoms with Crippen LogP contribution >= 0.6 is 15.9 Å². The van der Waals surface area contributed by atoms with E-state index in [2.05, 4.69) is 15.9 Å². The largest absolute Gasteiger partial charge is 0.496 e. The van der Waals surface area contributed by atoms with Crippen molar-refractivity contribution in [2.75, 3.05) is 17.1 Å². The van der Waals surface area contributed by atoms with Crippen molar-refractivity contribution in [2.45, 2.75) is 19.1 Å². The maximum atomic E-state index is 13.7. The van der Waals surface area contributed by atoms with Crippen LogP contribution in [0.5, 0.6) is 5.75 Å². The first-order valence-corrected chi connectivity index (χ1v) is 11.1. The van der Waals surface area contributed by atoms with Gasteiger partial charge in [-0.05, 0) is 49.4 Å². The molecule has 3 aromatic carbocycles. The Morgan fingerprint density at radius 1 is 0.906 bits per heavy atom. The van der Waals surface area contributed by atoms with Gasteiger partial charge in [0.15, 0.2) is 6.10 Å². The number of hydrogen-bond donors (Lipinski definition) is 0. The molecule has 3 atom stereocenters. The number of para-hydroxylation sites is 1. The van der Waals surface area contributed by atoms with Gasteiger partial charge in [-0.1, -0.05) is 51.8 Å². The lowest BCUT2D eigenvalue weighted by molar-refractivity contribution is -0.126. The molecule has 162 valence electrons. The van der Waals surface area contributed by atoms with Crippen molar-refractivity contribution in [1.29, 1.82) is 0 Å². The number of hydroxylamine groups is 1. The molecule has 2 aliphatic rings. The Balaban J connectivity index is 1.63. The maximum absolute atomic E-state index is 13.7. The normalized spacial score (nSPS) is 22.4. The van der Waals surface area contributed by atoms with E-state index in [1.807, 2.05) is 67.6 Å². The van der Waals surface area contributed by atoms with Crippen molar-refractivity contribution in [1.82, 2.24) is 0 Å². The van der Waals surface area contributed by atoms with Gasteiger partial charge in [-0.25, -0.2) is 9.96 Å². The Kier molecular flexibility index (Phi) is 5.23. The number of aryl methyl sites for hydroxylation is 1. The Morgan fingerprint density at radius 2 is 1.62 bits per heavy atom. The molecule has 0 aromatic heterocycles. The van der Waals surface area contributed by atoms with Crippen molar-refractivity contribution in [3.63, 3.8) is 0 Å². The number of carbonyl (C=O) groups is 2. The second-order valence-electron chi connectivity index (χ2n) is 7.89. The number of anilines is 2. The van der Waals surface area contributed by atoms with Crippen LogP contribution in [-0.2, 0) is 14.4 Å². The Hall–Kier alpha value is -3.16. The van der Waals surface area contributed by atoms with Crippen molar-refractivity contribution in [3.05, 3.63) is 88.4 Å². The molecular formula is C25H21BrN2O4. The zero-order valence-electron chi connectivity index (χ0n) is 17.6. The number of carbonyl (C=O) groups excluding carboxylic acids is 2. The third kappa shape index (κ3) is 3.29. The van der Waals surface area contributed by atoms with E-state index < -0.39 is 18.1 Å². The number of amides is 2. The average molecular weight is 493 g/mol. The van der Waals surface area contributed by atoms with Gasteiger partial charge in [0.2, 0.25) is 5.91 Å². The minimum Gasteiger partial charge on any atom is -0.496 e. The summed E-state index contributed by atoms with van der Waals surface area (Å²) in [6.07, 6.45) is -0.919. The number of ether oxygens (including phenoxy) is 1. The molecule has 6 nitrogen and oxygen atoms in total. The van der Waals surface area contributed by atoms with Crippen LogP contribution in [0.25, 0.3) is 0 Å². The highest BCUT2D eigenvalue weighted by molar-refractivity contribution is 9.10. The zero-order valence-corrected chi connectivity index (χ0v) is 19.2. The highest BCUT2D eigenvalue weighted by Gasteiger charge is 2.60. The second kappa shape index (κ2) is 8.07. The third-order valence-electron chi connectivity index (χ3n) is 5.93. The molecule has 2 heterocycles. The van der Waals surface area contributed by atoms with E-state index in [-0.39, 0.29) is 11.8 Å². The summed E-state index contributed by atoms with van der Waals surface area (Å²) in [5.74, 6) is -0.736. The molecule has 0 unspecified atom stereocenters. The first-order chi connectivity index (χ1) is 15.5. The number of benzene rings is 3. The van der Waals surface area contributed by atoms with E-state index in [0.29, 0.717) is 11.4 Å². The summed E-state index contributed by atoms with van der Waals surface area (Å²) in [6.45, 7) is 1.96. The summed E-state index contributed by atoms with van der Waals surface area (Å²) in [5, 5.41) is 1.67. The number of fused-ring (bicyclic) bond motifs is 1. The molecule has 0 saturated carbocycles. The molecule has 3 aromatic rings. The second-order valence-corrected chi connectivity index (χ2v) is 8.81. The monoisotopic (exact) mass is 492 g/mol. The fourth-order valence-corrected chi connectivity index (χ4v) is 4.79. The smallest absolute Gasteiger partial charge is 0.266 e. The number of halogens is 1. The van der Waals surface area contributed by atoms with E-state index in [0.717, 1.165) is 21.3 Å². The van der Waals surface area contributed by atoms with Crippen LogP contribution < -0.4 is 14.7 Å². The molecule has 2 aliphatic heterocycles. The molecule has 0 spiro atoms. The van der Waals surface area contributed by atoms with E-state index in [9.17, 15) is 9.59 Å². The molecule has 2 saturated heterocycles. The topological polar surface area (TPSA) is 59.1 Å². The van der Waals surface area contributed by atoms with Crippen LogP contribution in [0, 0.1) is 12.8 Å². The average Bonchev–Trinajstić information content (AvgIpc) is 3.31. The Labute approximate surface area is 194 Å². The van der Waals surface area contributed by atoms with Crippen molar-refractivity contribution in [2.24, 2.45) is 5.92 Å². The first-order valence-electron chi connectivity index (χ1n) is 10.3. The maximum Gasteiger partial charge on any atom is 0.266 e. The lowest BCUT2D eigenvalue weighted by Crippen LogP contribution is -2.37. The van der Waals surface area contributed by atoms with Crippen LogP contribution in [0.15, 0.2) is 77.3 Å². The van der Waals surface area contributed by atoms with Crippen LogP contribution in [0.4, 0.5) is 11.4 Å². The van der Waals surface area contributed by atoms with Crippen molar-refractivity contribution in [3.8, 4) is 5.75 Å². The Morgan fingerprint density at radius 3 is 2.31 bits per heavy atom. The van der Waals surface area contributed by atoms with E-state index in [1.54, 1.807) is 24.3 Å². The number of rotatable bonds is 4. The van der Waals surface area contributed by atoms with E-state index in [4.69, 9.17) is 9.57 Å². The van der Waals surface area contributed by atoms with Gasteiger partial charge in [0.25, 0.3) is 5.91 Å². The highest BCUT2D eigenvalue weighted by atomic mass is 79.9. The van der Waals surface area contributed by atoms with Gasteiger partial charge in [0.05, 0.1) is 24.5 Å². The summed E-state index contributed by atoms with van der Waals surface area (Å²) < 4.78 is 6.46. The van der Waals surface area contributed by atoms with Gasteiger partial charge in [-0.2, -0.15) is 0 Å². The molecular weight excluding hydrogens is 472 g/mol. The summed E-state index contributed by atoms with van der Waals surface area (Å²) in [5.41, 5.74) is 3.13. The molecule has 32 heavy (non-hydrogen) atoms. The molecule has 0 aliphatic carbocycles. The minimum absolute atomic E-state index is 0.283. The van der Waals surface area contributed by atoms with Crippen LogP contribution in [0.3, 0.4) is 0 Å². The van der Waals surface area contributed by atoms with Crippen molar-refractivity contribution >= 4 is 39.1 Å². The summed E-state index contributed by atoms with van der Waals surface area (Å²) in [7, 11) is 1.59. The van der Waals surface area contributed by atoms with Crippen molar-refractivity contribution < 1.29 is 19.2 Å². The van der Waals surface area contributed by atoms with Gasteiger partial charge >= 0.3 is 0 Å². The number of imide groups is 1. The molecule has 0 bridgehead atoms. The van der Waals surface area contributed by atoms with Gasteiger partial charge in [0.1, 0.15) is 11.7 Å². The summed E-state index contributed by atoms with van der Waals surface area (Å²) >= 11 is 3.53. The third-order valence-corrected chi connectivity index (χ3v) is 6.42.